The van der Waals surface area contributed by atoms with Gasteiger partial charge in [-0.3, -0.25) is 0 Å². The minimum Gasteiger partial charge on any atom is -0.361 e. The van der Waals surface area contributed by atoms with Crippen molar-refractivity contribution in [2.75, 3.05) is 0 Å². The van der Waals surface area contributed by atoms with Crippen LogP contribution in [0.3, 0.4) is 0 Å². The second-order valence-corrected chi connectivity index (χ2v) is 5.01. The number of rotatable bonds is 3. The summed E-state index contributed by atoms with van der Waals surface area (Å²) in [6.07, 6.45) is 5.53. The molecule has 3 rings (SSSR count). The highest BCUT2D eigenvalue weighted by molar-refractivity contribution is 5.24. The minimum atomic E-state index is 0.493. The van der Waals surface area contributed by atoms with Gasteiger partial charge >= 0.3 is 0 Å². The first-order valence-electron chi connectivity index (χ1n) is 6.48. The van der Waals surface area contributed by atoms with Gasteiger partial charge < -0.3 is 9.05 Å². The predicted molar refractivity (Wildman–Crippen MR) is 64.3 cm³/mol. The molecule has 96 valence electrons. The SMILES string of the molecule is Cc1noc(C)c1Cc1nc(C2CCCC2)no1. The lowest BCUT2D eigenvalue weighted by Crippen LogP contribution is -1.96. The van der Waals surface area contributed by atoms with Crippen molar-refractivity contribution in [3.8, 4) is 0 Å². The maximum atomic E-state index is 5.33. The zero-order chi connectivity index (χ0) is 12.5. The Kier molecular flexibility index (Phi) is 2.89. The number of aromatic nitrogens is 3. The number of aryl methyl sites for hydroxylation is 2. The van der Waals surface area contributed by atoms with Crippen LogP contribution >= 0.6 is 0 Å². The standard InChI is InChI=1S/C13H17N3O2/c1-8-11(9(2)17-15-8)7-12-14-13(16-18-12)10-5-3-4-6-10/h10H,3-7H2,1-2H3. The van der Waals surface area contributed by atoms with Crippen LogP contribution in [0.5, 0.6) is 0 Å². The number of hydrogen-bond acceptors (Lipinski definition) is 5. The van der Waals surface area contributed by atoms with E-state index in [0.717, 1.165) is 22.8 Å². The van der Waals surface area contributed by atoms with Gasteiger partial charge in [-0.2, -0.15) is 4.98 Å². The normalized spacial score (nSPS) is 16.6. The Bertz CT molecular complexity index is 519. The zero-order valence-electron chi connectivity index (χ0n) is 10.8. The average molecular weight is 247 g/mol. The Morgan fingerprint density at radius 3 is 2.56 bits per heavy atom. The maximum Gasteiger partial charge on any atom is 0.231 e. The minimum absolute atomic E-state index is 0.493. The summed E-state index contributed by atoms with van der Waals surface area (Å²) < 4.78 is 10.5. The van der Waals surface area contributed by atoms with Crippen molar-refractivity contribution < 1.29 is 9.05 Å². The van der Waals surface area contributed by atoms with Gasteiger partial charge in [0.05, 0.1) is 12.1 Å². The quantitative estimate of drug-likeness (QED) is 0.834. The molecule has 0 spiro atoms. The third-order valence-corrected chi connectivity index (χ3v) is 3.71. The van der Waals surface area contributed by atoms with Crippen LogP contribution < -0.4 is 0 Å². The molecule has 0 radical (unpaired) electrons. The van der Waals surface area contributed by atoms with Gasteiger partial charge in [0, 0.05) is 11.5 Å². The molecule has 0 atom stereocenters. The van der Waals surface area contributed by atoms with E-state index in [9.17, 15) is 0 Å². The molecule has 0 saturated heterocycles. The predicted octanol–water partition coefficient (Wildman–Crippen LogP) is 2.92. The second kappa shape index (κ2) is 4.55. The molecule has 2 heterocycles. The largest absolute Gasteiger partial charge is 0.361 e. The van der Waals surface area contributed by atoms with Crippen LogP contribution in [0.2, 0.25) is 0 Å². The molecule has 5 nitrogen and oxygen atoms in total. The number of hydrogen-bond donors (Lipinski definition) is 0. The monoisotopic (exact) mass is 247 g/mol. The summed E-state index contributed by atoms with van der Waals surface area (Å²) in [5.41, 5.74) is 1.95. The fourth-order valence-electron chi connectivity index (χ4n) is 2.60. The van der Waals surface area contributed by atoms with Gasteiger partial charge in [0.1, 0.15) is 5.76 Å². The molecule has 0 aliphatic heterocycles. The third-order valence-electron chi connectivity index (χ3n) is 3.71. The van der Waals surface area contributed by atoms with E-state index in [-0.39, 0.29) is 0 Å². The van der Waals surface area contributed by atoms with Gasteiger partial charge in [0.15, 0.2) is 5.82 Å². The summed E-state index contributed by atoms with van der Waals surface area (Å²) in [5, 5.41) is 8.03. The van der Waals surface area contributed by atoms with Crippen LogP contribution in [-0.4, -0.2) is 15.3 Å². The Labute approximate surface area is 106 Å². The molecule has 0 bridgehead atoms. The molecular formula is C13H17N3O2. The highest BCUT2D eigenvalue weighted by Gasteiger charge is 2.23. The molecule has 0 N–H and O–H groups in total. The van der Waals surface area contributed by atoms with E-state index in [0.29, 0.717) is 18.2 Å². The van der Waals surface area contributed by atoms with Crippen LogP contribution in [0.15, 0.2) is 9.05 Å². The molecule has 1 fully saturated rings. The highest BCUT2D eigenvalue weighted by atomic mass is 16.5. The summed E-state index contributed by atoms with van der Waals surface area (Å²) in [7, 11) is 0. The van der Waals surface area contributed by atoms with Crippen LogP contribution in [0.25, 0.3) is 0 Å². The Balaban J connectivity index is 1.77. The molecule has 1 aliphatic carbocycles. The fourth-order valence-corrected chi connectivity index (χ4v) is 2.60. The third kappa shape index (κ3) is 2.05. The molecule has 0 unspecified atom stereocenters. The van der Waals surface area contributed by atoms with Crippen LogP contribution in [0, 0.1) is 13.8 Å². The molecular weight excluding hydrogens is 230 g/mol. The summed E-state index contributed by atoms with van der Waals surface area (Å²) >= 11 is 0. The lowest BCUT2D eigenvalue weighted by molar-refractivity contribution is 0.373. The second-order valence-electron chi connectivity index (χ2n) is 5.01. The van der Waals surface area contributed by atoms with Crippen molar-refractivity contribution in [2.45, 2.75) is 51.9 Å². The first-order valence-corrected chi connectivity index (χ1v) is 6.48. The summed E-state index contributed by atoms with van der Waals surface area (Å²) in [4.78, 5) is 4.50. The van der Waals surface area contributed by atoms with Crippen molar-refractivity contribution in [3.63, 3.8) is 0 Å². The van der Waals surface area contributed by atoms with Crippen LogP contribution in [0.4, 0.5) is 0 Å². The van der Waals surface area contributed by atoms with Gasteiger partial charge in [-0.15, -0.1) is 0 Å². The van der Waals surface area contributed by atoms with E-state index in [1.807, 2.05) is 13.8 Å². The van der Waals surface area contributed by atoms with Gasteiger partial charge in [0.25, 0.3) is 0 Å². The Morgan fingerprint density at radius 1 is 1.11 bits per heavy atom. The highest BCUT2D eigenvalue weighted by Crippen LogP contribution is 2.32. The molecule has 18 heavy (non-hydrogen) atoms. The van der Waals surface area contributed by atoms with E-state index in [1.165, 1.54) is 25.7 Å². The first-order chi connectivity index (χ1) is 8.74. The number of nitrogens with zero attached hydrogens (tertiary/aromatic N) is 3. The van der Waals surface area contributed by atoms with Crippen molar-refractivity contribution in [3.05, 3.63) is 28.7 Å². The van der Waals surface area contributed by atoms with Crippen LogP contribution in [-0.2, 0) is 6.42 Å². The molecule has 5 heteroatoms. The smallest absolute Gasteiger partial charge is 0.231 e. The first kappa shape index (κ1) is 11.4. The van der Waals surface area contributed by atoms with Crippen molar-refractivity contribution in [1.29, 1.82) is 0 Å². The summed E-state index contributed by atoms with van der Waals surface area (Å²) in [6, 6.07) is 0. The fraction of sp³-hybridized carbons (Fsp3) is 0.615. The zero-order valence-corrected chi connectivity index (χ0v) is 10.8. The Hall–Kier alpha value is -1.65. The molecule has 2 aromatic rings. The van der Waals surface area contributed by atoms with Gasteiger partial charge in [-0.1, -0.05) is 23.2 Å². The topological polar surface area (TPSA) is 65.0 Å². The van der Waals surface area contributed by atoms with Crippen molar-refractivity contribution in [1.82, 2.24) is 15.3 Å². The van der Waals surface area contributed by atoms with Crippen molar-refractivity contribution >= 4 is 0 Å². The van der Waals surface area contributed by atoms with E-state index < -0.39 is 0 Å². The summed E-state index contributed by atoms with van der Waals surface area (Å²) in [6.45, 7) is 3.84. The van der Waals surface area contributed by atoms with Crippen molar-refractivity contribution in [2.24, 2.45) is 0 Å². The van der Waals surface area contributed by atoms with E-state index in [2.05, 4.69) is 15.3 Å². The maximum absolute atomic E-state index is 5.33. The van der Waals surface area contributed by atoms with Crippen LogP contribution in [0.1, 0.15) is 60.3 Å². The molecule has 1 aliphatic rings. The lowest BCUT2D eigenvalue weighted by Gasteiger charge is -1.99. The molecule has 0 aromatic carbocycles. The Morgan fingerprint density at radius 2 is 1.89 bits per heavy atom. The van der Waals surface area contributed by atoms with E-state index in [4.69, 9.17) is 9.05 Å². The molecule has 1 saturated carbocycles. The molecule has 2 aromatic heterocycles. The average Bonchev–Trinajstić information content (AvgIpc) is 3.06. The lowest BCUT2D eigenvalue weighted by atomic mass is 10.1. The van der Waals surface area contributed by atoms with Gasteiger partial charge in [0.2, 0.25) is 5.89 Å². The van der Waals surface area contributed by atoms with E-state index in [1.54, 1.807) is 0 Å². The molecule has 0 amide bonds. The van der Waals surface area contributed by atoms with E-state index >= 15 is 0 Å². The van der Waals surface area contributed by atoms with Gasteiger partial charge in [-0.25, -0.2) is 0 Å². The summed E-state index contributed by atoms with van der Waals surface area (Å²) in [5.74, 6) is 2.85. The van der Waals surface area contributed by atoms with Gasteiger partial charge in [-0.05, 0) is 26.7 Å².